The van der Waals surface area contributed by atoms with E-state index in [0.29, 0.717) is 0 Å². The molecule has 0 fully saturated rings. The molecule has 4 nitrogen and oxygen atoms in total. The second kappa shape index (κ2) is 37.8. The molecule has 0 aliphatic carbocycles. The molecule has 0 atom stereocenters. The zero-order valence-electron chi connectivity index (χ0n) is 81.4. The van der Waals surface area contributed by atoms with E-state index in [2.05, 4.69) is 516 Å². The smallest absolute Gasteiger partial charge is 0.136 e. The summed E-state index contributed by atoms with van der Waals surface area (Å²) in [4.78, 5) is 0. The minimum absolute atomic E-state index is 0.870. The fourth-order valence-corrected chi connectivity index (χ4v) is 25.0. The highest BCUT2D eigenvalue weighted by atomic mass is 32.1. The van der Waals surface area contributed by atoms with E-state index in [9.17, 15) is 0 Å². The summed E-state index contributed by atoms with van der Waals surface area (Å²) in [5, 5.41) is 14.2. The lowest BCUT2D eigenvalue weighted by Gasteiger charge is -2.16. The van der Waals surface area contributed by atoms with Gasteiger partial charge < -0.3 is 17.7 Å². The van der Waals surface area contributed by atoms with E-state index in [-0.39, 0.29) is 0 Å². The summed E-state index contributed by atoms with van der Waals surface area (Å²) in [5.74, 6) is 0. The van der Waals surface area contributed by atoms with E-state index in [0.717, 1.165) is 121 Å². The molecule has 0 amide bonds. The third kappa shape index (κ3) is 16.1. The molecule has 0 bridgehead atoms. The maximum Gasteiger partial charge on any atom is 0.136 e. The molecule has 6 heteroatoms. The fraction of sp³-hybridized carbons (Fsp3) is 0. The molecule has 6 aromatic heterocycles. The quantitative estimate of drug-likeness (QED) is 0.103. The Morgan fingerprint density at radius 3 is 0.760 bits per heavy atom. The first-order chi connectivity index (χ1) is 74.3. The summed E-state index contributed by atoms with van der Waals surface area (Å²) in [5.41, 5.74) is 42.9. The Balaban J connectivity index is 0.000000108. The Morgan fingerprint density at radius 2 is 0.333 bits per heavy atom. The van der Waals surface area contributed by atoms with Gasteiger partial charge in [0.2, 0.25) is 0 Å². The van der Waals surface area contributed by atoms with Crippen molar-refractivity contribution in [1.29, 1.82) is 0 Å². The molecule has 702 valence electrons. The summed E-state index contributed by atoms with van der Waals surface area (Å²) in [6, 6.07) is 196. The maximum atomic E-state index is 6.57. The third-order valence-corrected chi connectivity index (χ3v) is 31.9. The molecule has 30 rings (SSSR count). The van der Waals surface area contributed by atoms with Gasteiger partial charge in [-0.2, -0.15) is 0 Å². The van der Waals surface area contributed by atoms with Gasteiger partial charge in [-0.1, -0.05) is 425 Å². The van der Waals surface area contributed by atoms with E-state index in [4.69, 9.17) is 17.7 Å². The van der Waals surface area contributed by atoms with Gasteiger partial charge in [0, 0.05) is 83.4 Å². The number of furan rings is 4. The van der Waals surface area contributed by atoms with Crippen LogP contribution in [0.3, 0.4) is 0 Å². The molecule has 0 aliphatic rings. The maximum absolute atomic E-state index is 6.57. The zero-order chi connectivity index (χ0) is 99.1. The van der Waals surface area contributed by atoms with Crippen LogP contribution in [0.5, 0.6) is 0 Å². The predicted octanol–water partition coefficient (Wildman–Crippen LogP) is 42.4. The summed E-state index contributed by atoms with van der Waals surface area (Å²) in [6.07, 6.45) is 0. The molecule has 0 unspecified atom stereocenters. The predicted molar refractivity (Wildman–Crippen MR) is 636 cm³/mol. The lowest BCUT2D eigenvalue weighted by molar-refractivity contribution is 0.668. The second-order valence-electron chi connectivity index (χ2n) is 38.5. The van der Waals surface area contributed by atoms with Gasteiger partial charge in [-0.25, -0.2) is 0 Å². The van der Waals surface area contributed by atoms with Crippen molar-refractivity contribution in [1.82, 2.24) is 0 Å². The zero-order valence-corrected chi connectivity index (χ0v) is 83.0. The number of hydrogen-bond donors (Lipinski definition) is 0. The van der Waals surface area contributed by atoms with Crippen LogP contribution in [0.4, 0.5) is 0 Å². The van der Waals surface area contributed by atoms with Crippen LogP contribution in [-0.2, 0) is 0 Å². The summed E-state index contributed by atoms with van der Waals surface area (Å²) in [7, 11) is 0. The van der Waals surface area contributed by atoms with Crippen molar-refractivity contribution in [3.05, 3.63) is 546 Å². The van der Waals surface area contributed by atoms with Crippen molar-refractivity contribution in [2.45, 2.75) is 0 Å². The largest absolute Gasteiger partial charge is 0.456 e. The topological polar surface area (TPSA) is 52.6 Å². The van der Waals surface area contributed by atoms with Crippen molar-refractivity contribution < 1.29 is 17.7 Å². The Hall–Kier alpha value is -19.1. The van der Waals surface area contributed by atoms with E-state index in [1.165, 1.54) is 174 Å². The van der Waals surface area contributed by atoms with Crippen LogP contribution >= 0.6 is 22.7 Å². The summed E-state index contributed by atoms with van der Waals surface area (Å²) < 4.78 is 30.9. The van der Waals surface area contributed by atoms with Gasteiger partial charge >= 0.3 is 0 Å². The number of benzene rings is 24. The highest BCUT2D eigenvalue weighted by Crippen LogP contribution is 2.53. The molecule has 0 saturated heterocycles. The van der Waals surface area contributed by atoms with Gasteiger partial charge in [0.05, 0.1) is 0 Å². The molecule has 0 radical (unpaired) electrons. The average Bonchev–Trinajstić information content (AvgIpc) is 1.59. The number of thiophene rings is 2. The highest BCUT2D eigenvalue weighted by molar-refractivity contribution is 7.26. The number of rotatable bonds is 15. The Labute approximate surface area is 874 Å². The standard InChI is InChI=1S/C48H30O2.2C48H30OS/c1-3-12-31(13-4-1)35-26-27-37(32-14-5-2-6-15-32)41(28-35)33-22-24-34(25-23-33)42-29-36(30-46-48(42)40-17-8-10-20-44(40)50-46)38-18-11-21-45-47(38)39-16-7-9-19-43(39)49-45;1-3-12-31(13-4-1)35-26-27-37(41(28-35)32-14-5-2-6-15-32)33-22-24-34(25-23-33)42-29-36(30-44-47(42)39-16-7-9-19-43(39)49-44)38-18-11-21-46-48(38)40-17-8-10-20-45(40)50-46;1-3-14-31(15-4-1)33-26-34(38-19-8-7-18-37(38)32-16-5-2-6-17-32)28-35(27-33)42-29-36(30-46-48(42)41-21-10-12-25-45(41)50-46)39-22-13-24-44-47(39)40-20-9-11-23-43(40)49-44/h3*1-30H. The van der Waals surface area contributed by atoms with Crippen LogP contribution in [-0.4, -0.2) is 0 Å². The Kier molecular flexibility index (Phi) is 22.3. The molecule has 0 aliphatic heterocycles. The summed E-state index contributed by atoms with van der Waals surface area (Å²) >= 11 is 3.72. The molecule has 24 aromatic carbocycles. The number of hydrogen-bond acceptors (Lipinski definition) is 6. The molecule has 150 heavy (non-hydrogen) atoms. The molecule has 0 spiro atoms. The molecule has 0 saturated carbocycles. The van der Waals surface area contributed by atoms with Crippen molar-refractivity contribution in [2.75, 3.05) is 0 Å². The van der Waals surface area contributed by atoms with Gasteiger partial charge in [-0.3, -0.25) is 0 Å². The van der Waals surface area contributed by atoms with E-state index >= 15 is 0 Å². The molecular weight excluding hydrogens is 1860 g/mol. The van der Waals surface area contributed by atoms with Crippen LogP contribution in [0.15, 0.2) is 564 Å². The summed E-state index contributed by atoms with van der Waals surface area (Å²) in [6.45, 7) is 0. The molecule has 6 heterocycles. The van der Waals surface area contributed by atoms with Crippen molar-refractivity contribution in [3.8, 4) is 167 Å². The number of para-hydroxylation sites is 4. The van der Waals surface area contributed by atoms with E-state index < -0.39 is 0 Å². The third-order valence-electron chi connectivity index (χ3n) is 29.7. The van der Waals surface area contributed by atoms with Crippen LogP contribution < -0.4 is 0 Å². The lowest BCUT2D eigenvalue weighted by Crippen LogP contribution is -1.90. The SMILES string of the molecule is c1ccc(-c2cc(-c3ccccc3-c3ccccc3)cc(-c3cc(-c4cccc5oc6ccccc6c45)cc4sc5ccccc5c34)c2)cc1.c1ccc(-c2ccc(-c3ccc(-c4cc(-c5cccc6sc7ccccc7c56)cc5oc6ccccc6c45)cc3)c(-c3ccccc3)c2)cc1.c1ccc(-c2ccc(-c3ccccc3)c(-c3ccc(-c4cc(-c5cccc6oc7ccccc7c56)cc5oc6ccccc6c45)cc3)c2)cc1. The first-order valence-electron chi connectivity index (χ1n) is 51.0. The van der Waals surface area contributed by atoms with Crippen molar-refractivity contribution in [3.63, 3.8) is 0 Å². The highest BCUT2D eigenvalue weighted by Gasteiger charge is 2.26. The van der Waals surface area contributed by atoms with Crippen molar-refractivity contribution in [2.24, 2.45) is 0 Å². The minimum atomic E-state index is 0.870. The van der Waals surface area contributed by atoms with Gasteiger partial charge in [0.1, 0.15) is 44.7 Å². The van der Waals surface area contributed by atoms with Gasteiger partial charge in [0.25, 0.3) is 0 Å². The number of fused-ring (bicyclic) bond motifs is 18. The average molecular weight is 1950 g/mol. The van der Waals surface area contributed by atoms with Crippen molar-refractivity contribution >= 4 is 151 Å². The Bertz CT molecular complexity index is 10400. The molecule has 0 N–H and O–H groups in total. The fourth-order valence-electron chi connectivity index (χ4n) is 22.7. The first kappa shape index (κ1) is 88.6. The van der Waals surface area contributed by atoms with E-state index in [1.807, 2.05) is 53.0 Å². The monoisotopic (exact) mass is 1950 g/mol. The minimum Gasteiger partial charge on any atom is -0.456 e. The van der Waals surface area contributed by atoms with Gasteiger partial charge in [-0.15, -0.1) is 22.7 Å². The van der Waals surface area contributed by atoms with Gasteiger partial charge in [-0.05, 0) is 288 Å². The van der Waals surface area contributed by atoms with Crippen LogP contribution in [0.25, 0.3) is 295 Å². The second-order valence-corrected chi connectivity index (χ2v) is 40.7. The normalized spacial score (nSPS) is 11.6. The van der Waals surface area contributed by atoms with Crippen LogP contribution in [0, 0.1) is 0 Å². The first-order valence-corrected chi connectivity index (χ1v) is 52.6. The van der Waals surface area contributed by atoms with Crippen LogP contribution in [0.2, 0.25) is 0 Å². The lowest BCUT2D eigenvalue weighted by atomic mass is 9.87. The Morgan fingerprint density at radius 1 is 0.100 bits per heavy atom. The van der Waals surface area contributed by atoms with Crippen LogP contribution in [0.1, 0.15) is 0 Å². The molecular formula is C144H90O4S2. The van der Waals surface area contributed by atoms with Gasteiger partial charge in [0.15, 0.2) is 0 Å². The molecule has 30 aromatic rings. The van der Waals surface area contributed by atoms with E-state index in [1.54, 1.807) is 0 Å².